The Morgan fingerprint density at radius 1 is 1.53 bits per heavy atom. The first-order valence-electron chi connectivity index (χ1n) is 5.04. The lowest BCUT2D eigenvalue weighted by Gasteiger charge is -2.38. The summed E-state index contributed by atoms with van der Waals surface area (Å²) in [5, 5.41) is 3.44. The number of hydrogen-bond donors (Lipinski definition) is 1. The Morgan fingerprint density at radius 3 is 2.80 bits per heavy atom. The highest BCUT2D eigenvalue weighted by atomic mass is 127. The summed E-state index contributed by atoms with van der Waals surface area (Å²) in [6, 6.07) is 4.05. The van der Waals surface area contributed by atoms with Crippen LogP contribution in [0.4, 0.5) is 5.82 Å². The van der Waals surface area contributed by atoms with E-state index in [1.165, 1.54) is 22.8 Å². The van der Waals surface area contributed by atoms with Gasteiger partial charge in [0.2, 0.25) is 0 Å². The Hall–Kier alpha value is -0.0300. The average Bonchev–Trinajstić information content (AvgIpc) is 2.14. The van der Waals surface area contributed by atoms with Crippen LogP contribution in [0.1, 0.15) is 26.2 Å². The van der Waals surface area contributed by atoms with Gasteiger partial charge in [0.05, 0.1) is 3.57 Å². The van der Waals surface area contributed by atoms with E-state index < -0.39 is 0 Å². The number of aromatic nitrogens is 1. The third kappa shape index (κ3) is 3.21. The van der Waals surface area contributed by atoms with Crippen molar-refractivity contribution in [3.05, 3.63) is 21.9 Å². The number of pyridine rings is 1. The average molecular weight is 339 g/mol. The Labute approximate surface area is 111 Å². The van der Waals surface area contributed by atoms with Crippen molar-refractivity contribution in [1.82, 2.24) is 4.98 Å². The molecule has 1 N–H and O–H groups in total. The molecule has 1 aromatic rings. The highest BCUT2D eigenvalue weighted by Gasteiger charge is 2.31. The van der Waals surface area contributed by atoms with E-state index in [2.05, 4.69) is 45.9 Å². The van der Waals surface area contributed by atoms with Crippen molar-refractivity contribution >= 4 is 40.8 Å². The van der Waals surface area contributed by atoms with Crippen LogP contribution < -0.4 is 5.32 Å². The third-order valence-corrected chi connectivity index (χ3v) is 3.87. The molecule has 0 aromatic carbocycles. The van der Waals surface area contributed by atoms with E-state index in [4.69, 9.17) is 0 Å². The molecule has 0 unspecified atom stereocenters. The minimum absolute atomic E-state index is 0. The second-order valence-electron chi connectivity index (χ2n) is 4.35. The van der Waals surface area contributed by atoms with Crippen LogP contribution in [0.3, 0.4) is 0 Å². The SMILES string of the molecule is CC1(CNc2ncccc2I)CCC1.Cl. The molecule has 0 spiro atoms. The summed E-state index contributed by atoms with van der Waals surface area (Å²) in [4.78, 5) is 4.32. The van der Waals surface area contributed by atoms with Gasteiger partial charge in [0, 0.05) is 12.7 Å². The zero-order valence-corrected chi connectivity index (χ0v) is 11.8. The molecule has 0 bridgehead atoms. The van der Waals surface area contributed by atoms with Gasteiger partial charge in [0.15, 0.2) is 0 Å². The molecule has 1 fully saturated rings. The molecule has 1 aliphatic rings. The van der Waals surface area contributed by atoms with Crippen LogP contribution in [-0.2, 0) is 0 Å². The first-order valence-corrected chi connectivity index (χ1v) is 6.12. The van der Waals surface area contributed by atoms with Gasteiger partial charge in [-0.3, -0.25) is 0 Å². The standard InChI is InChI=1S/C11H15IN2.ClH/c1-11(5-3-6-11)8-14-10-9(12)4-2-7-13-10;/h2,4,7H,3,5-6,8H2,1H3,(H,13,14);1H. The fraction of sp³-hybridized carbons (Fsp3) is 0.545. The van der Waals surface area contributed by atoms with Gasteiger partial charge < -0.3 is 5.32 Å². The van der Waals surface area contributed by atoms with E-state index in [-0.39, 0.29) is 12.4 Å². The number of nitrogens with one attached hydrogen (secondary N) is 1. The number of hydrogen-bond acceptors (Lipinski definition) is 2. The number of halogens is 2. The predicted molar refractivity (Wildman–Crippen MR) is 74.6 cm³/mol. The summed E-state index contributed by atoms with van der Waals surface area (Å²) in [5.41, 5.74) is 0.514. The molecule has 1 saturated carbocycles. The molecule has 84 valence electrons. The minimum Gasteiger partial charge on any atom is -0.369 e. The van der Waals surface area contributed by atoms with Gasteiger partial charge in [0.25, 0.3) is 0 Å². The maximum absolute atomic E-state index is 4.32. The van der Waals surface area contributed by atoms with Crippen LogP contribution in [0.15, 0.2) is 18.3 Å². The Balaban J connectivity index is 0.00000112. The van der Waals surface area contributed by atoms with E-state index in [0.717, 1.165) is 12.4 Å². The van der Waals surface area contributed by atoms with Crippen LogP contribution in [-0.4, -0.2) is 11.5 Å². The van der Waals surface area contributed by atoms with E-state index in [9.17, 15) is 0 Å². The lowest BCUT2D eigenvalue weighted by Crippen LogP contribution is -2.33. The molecule has 2 rings (SSSR count). The summed E-state index contributed by atoms with van der Waals surface area (Å²) in [5.74, 6) is 1.03. The van der Waals surface area contributed by atoms with Crippen molar-refractivity contribution < 1.29 is 0 Å². The lowest BCUT2D eigenvalue weighted by molar-refractivity contribution is 0.180. The summed E-state index contributed by atoms with van der Waals surface area (Å²) in [6.07, 6.45) is 5.93. The van der Waals surface area contributed by atoms with Crippen LogP contribution in [0, 0.1) is 8.99 Å². The summed E-state index contributed by atoms with van der Waals surface area (Å²) in [7, 11) is 0. The molecule has 0 amide bonds. The van der Waals surface area contributed by atoms with E-state index in [1.807, 2.05) is 12.3 Å². The first-order chi connectivity index (χ1) is 6.70. The second-order valence-corrected chi connectivity index (χ2v) is 5.51. The zero-order chi connectivity index (χ0) is 10.0. The van der Waals surface area contributed by atoms with Gasteiger partial charge in [-0.15, -0.1) is 12.4 Å². The minimum atomic E-state index is 0. The molecular weight excluding hydrogens is 322 g/mol. The van der Waals surface area contributed by atoms with E-state index >= 15 is 0 Å². The summed E-state index contributed by atoms with van der Waals surface area (Å²) < 4.78 is 1.20. The molecule has 15 heavy (non-hydrogen) atoms. The van der Waals surface area contributed by atoms with Crippen LogP contribution in [0.25, 0.3) is 0 Å². The molecular formula is C11H16ClIN2. The molecule has 0 radical (unpaired) electrons. The molecule has 0 atom stereocenters. The van der Waals surface area contributed by atoms with Crippen molar-refractivity contribution in [3.8, 4) is 0 Å². The number of anilines is 1. The predicted octanol–water partition coefficient (Wildman–Crippen LogP) is 3.71. The Morgan fingerprint density at radius 2 is 2.27 bits per heavy atom. The number of rotatable bonds is 3. The van der Waals surface area contributed by atoms with Gasteiger partial charge in [0.1, 0.15) is 5.82 Å². The molecule has 1 aliphatic carbocycles. The Bertz CT molecular complexity index is 326. The van der Waals surface area contributed by atoms with Gasteiger partial charge in [-0.25, -0.2) is 4.98 Å². The quantitative estimate of drug-likeness (QED) is 0.850. The highest BCUT2D eigenvalue weighted by molar-refractivity contribution is 14.1. The fourth-order valence-electron chi connectivity index (χ4n) is 1.77. The molecule has 1 aromatic heterocycles. The summed E-state index contributed by atoms with van der Waals surface area (Å²) in [6.45, 7) is 3.40. The fourth-order valence-corrected chi connectivity index (χ4v) is 2.31. The van der Waals surface area contributed by atoms with Gasteiger partial charge >= 0.3 is 0 Å². The third-order valence-electron chi connectivity index (χ3n) is 3.00. The zero-order valence-electron chi connectivity index (χ0n) is 8.79. The molecule has 1 heterocycles. The molecule has 4 heteroatoms. The highest BCUT2D eigenvalue weighted by Crippen LogP contribution is 2.40. The second kappa shape index (κ2) is 5.34. The lowest BCUT2D eigenvalue weighted by atomic mass is 9.70. The van der Waals surface area contributed by atoms with E-state index in [1.54, 1.807) is 0 Å². The maximum atomic E-state index is 4.32. The molecule has 0 aliphatic heterocycles. The van der Waals surface area contributed by atoms with Crippen molar-refractivity contribution in [2.45, 2.75) is 26.2 Å². The van der Waals surface area contributed by atoms with Crippen molar-refractivity contribution in [3.63, 3.8) is 0 Å². The largest absolute Gasteiger partial charge is 0.369 e. The van der Waals surface area contributed by atoms with Gasteiger partial charge in [-0.05, 0) is 53.0 Å². The van der Waals surface area contributed by atoms with Crippen LogP contribution in [0.5, 0.6) is 0 Å². The van der Waals surface area contributed by atoms with Crippen LogP contribution >= 0.6 is 35.0 Å². The van der Waals surface area contributed by atoms with Crippen LogP contribution in [0.2, 0.25) is 0 Å². The van der Waals surface area contributed by atoms with Crippen molar-refractivity contribution in [2.75, 3.05) is 11.9 Å². The number of nitrogens with zero attached hydrogens (tertiary/aromatic N) is 1. The van der Waals surface area contributed by atoms with Crippen molar-refractivity contribution in [1.29, 1.82) is 0 Å². The maximum Gasteiger partial charge on any atom is 0.139 e. The molecule has 0 saturated heterocycles. The van der Waals surface area contributed by atoms with Crippen molar-refractivity contribution in [2.24, 2.45) is 5.41 Å². The smallest absolute Gasteiger partial charge is 0.139 e. The van der Waals surface area contributed by atoms with E-state index in [0.29, 0.717) is 5.41 Å². The topological polar surface area (TPSA) is 24.9 Å². The first kappa shape index (κ1) is 13.0. The normalized spacial score (nSPS) is 17.5. The van der Waals surface area contributed by atoms with Gasteiger partial charge in [-0.1, -0.05) is 13.3 Å². The Kier molecular flexibility index (Phi) is 4.64. The van der Waals surface area contributed by atoms with Gasteiger partial charge in [-0.2, -0.15) is 0 Å². The summed E-state index contributed by atoms with van der Waals surface area (Å²) >= 11 is 2.32. The monoisotopic (exact) mass is 338 g/mol. The molecule has 2 nitrogen and oxygen atoms in total.